The molecular weight excluding hydrogens is 371 g/mol. The highest BCUT2D eigenvalue weighted by atomic mass is 35.5. The van der Waals surface area contributed by atoms with Crippen LogP contribution in [0.3, 0.4) is 0 Å². The molecule has 5 nitrogen and oxygen atoms in total. The van der Waals surface area contributed by atoms with Crippen molar-refractivity contribution in [3.8, 4) is 0 Å². The van der Waals surface area contributed by atoms with E-state index >= 15 is 0 Å². The van der Waals surface area contributed by atoms with Gasteiger partial charge >= 0.3 is 0 Å². The number of nitrogens with zero attached hydrogens (tertiary/aromatic N) is 1. The highest BCUT2D eigenvalue weighted by Crippen LogP contribution is 2.44. The Morgan fingerprint density at radius 3 is 2.38 bits per heavy atom. The summed E-state index contributed by atoms with van der Waals surface area (Å²) in [7, 11) is -3.64. The Kier molecular flexibility index (Phi) is 5.00. The molecule has 2 fully saturated rings. The van der Waals surface area contributed by atoms with Crippen LogP contribution in [0.2, 0.25) is 10.0 Å². The highest BCUT2D eigenvalue weighted by Gasteiger charge is 2.40. The molecule has 0 radical (unpaired) electrons. The van der Waals surface area contributed by atoms with Gasteiger partial charge in [0.15, 0.2) is 0 Å². The van der Waals surface area contributed by atoms with E-state index in [0.29, 0.717) is 21.9 Å². The number of hydrogen-bond donors (Lipinski definition) is 1. The van der Waals surface area contributed by atoms with Gasteiger partial charge in [-0.25, -0.2) is 8.42 Å². The van der Waals surface area contributed by atoms with E-state index in [0.717, 1.165) is 23.4 Å². The maximum atomic E-state index is 12.4. The van der Waals surface area contributed by atoms with Gasteiger partial charge in [0.1, 0.15) is 6.54 Å². The van der Waals surface area contributed by atoms with E-state index in [2.05, 4.69) is 5.32 Å². The second-order valence-electron chi connectivity index (χ2n) is 6.75. The summed E-state index contributed by atoms with van der Waals surface area (Å²) in [5, 5.41) is 3.64. The molecule has 0 unspecified atom stereocenters. The third-order valence-corrected chi connectivity index (χ3v) is 6.48. The zero-order valence-electron chi connectivity index (χ0n) is 13.3. The van der Waals surface area contributed by atoms with Crippen LogP contribution in [0.25, 0.3) is 0 Å². The van der Waals surface area contributed by atoms with E-state index in [1.54, 1.807) is 0 Å². The molecule has 1 amide bonds. The molecule has 1 N–H and O–H groups in total. The molecule has 0 aliphatic heterocycles. The first kappa shape index (κ1) is 17.8. The molecule has 0 heterocycles. The topological polar surface area (TPSA) is 66.5 Å². The molecule has 0 spiro atoms. The Balaban J connectivity index is 1.74. The Morgan fingerprint density at radius 2 is 1.88 bits per heavy atom. The zero-order valence-corrected chi connectivity index (χ0v) is 15.7. The van der Waals surface area contributed by atoms with Gasteiger partial charge in [-0.3, -0.25) is 9.10 Å². The van der Waals surface area contributed by atoms with Crippen molar-refractivity contribution in [2.75, 3.05) is 17.1 Å². The molecule has 132 valence electrons. The van der Waals surface area contributed by atoms with Crippen molar-refractivity contribution in [2.24, 2.45) is 11.8 Å². The van der Waals surface area contributed by atoms with Gasteiger partial charge in [0, 0.05) is 16.1 Å². The normalized spacial score (nSPS) is 25.7. The number of hydrogen-bond acceptors (Lipinski definition) is 3. The molecule has 1 aromatic carbocycles. The molecule has 2 aliphatic rings. The number of fused-ring (bicyclic) bond motifs is 2. The molecule has 2 aliphatic carbocycles. The van der Waals surface area contributed by atoms with Crippen molar-refractivity contribution in [3.05, 3.63) is 28.2 Å². The first-order valence-electron chi connectivity index (χ1n) is 7.95. The van der Waals surface area contributed by atoms with E-state index in [1.165, 1.54) is 31.0 Å². The number of sulfonamides is 1. The largest absolute Gasteiger partial charge is 0.352 e. The highest BCUT2D eigenvalue weighted by molar-refractivity contribution is 7.92. The number of rotatable bonds is 5. The van der Waals surface area contributed by atoms with Crippen LogP contribution in [-0.4, -0.2) is 33.2 Å². The fraction of sp³-hybridized carbons (Fsp3) is 0.562. The summed E-state index contributed by atoms with van der Waals surface area (Å²) in [4.78, 5) is 12.4. The van der Waals surface area contributed by atoms with Gasteiger partial charge in [0.05, 0.1) is 11.9 Å². The maximum absolute atomic E-state index is 12.4. The molecule has 24 heavy (non-hydrogen) atoms. The zero-order chi connectivity index (χ0) is 17.5. The summed E-state index contributed by atoms with van der Waals surface area (Å²) >= 11 is 11.9. The Morgan fingerprint density at radius 1 is 1.21 bits per heavy atom. The molecule has 2 saturated carbocycles. The minimum Gasteiger partial charge on any atom is -0.352 e. The average Bonchev–Trinajstić information content (AvgIpc) is 3.04. The van der Waals surface area contributed by atoms with Crippen molar-refractivity contribution in [1.82, 2.24) is 5.32 Å². The quantitative estimate of drug-likeness (QED) is 0.839. The van der Waals surface area contributed by atoms with Crippen molar-refractivity contribution >= 4 is 44.8 Å². The SMILES string of the molecule is CS(=O)(=O)N(CC(=O)N[C@H]1C[C@@H]2CC[C@H]1C2)c1cc(Cl)cc(Cl)c1. The number of benzene rings is 1. The smallest absolute Gasteiger partial charge is 0.241 e. The lowest BCUT2D eigenvalue weighted by atomic mass is 9.95. The fourth-order valence-corrected chi connectivity index (χ4v) is 5.24. The summed E-state index contributed by atoms with van der Waals surface area (Å²) < 4.78 is 25.3. The molecule has 8 heteroatoms. The third-order valence-electron chi connectivity index (χ3n) is 4.91. The van der Waals surface area contributed by atoms with Crippen LogP contribution >= 0.6 is 23.2 Å². The monoisotopic (exact) mass is 390 g/mol. The molecule has 0 saturated heterocycles. The Bertz CT molecular complexity index is 733. The molecule has 1 aromatic rings. The lowest BCUT2D eigenvalue weighted by Gasteiger charge is -2.26. The van der Waals surface area contributed by atoms with Gasteiger partial charge in [0.2, 0.25) is 15.9 Å². The van der Waals surface area contributed by atoms with Gasteiger partial charge < -0.3 is 5.32 Å². The molecule has 3 rings (SSSR count). The van der Waals surface area contributed by atoms with Crippen molar-refractivity contribution in [1.29, 1.82) is 0 Å². The molecule has 3 atom stereocenters. The first-order valence-corrected chi connectivity index (χ1v) is 10.6. The van der Waals surface area contributed by atoms with Crippen LogP contribution in [-0.2, 0) is 14.8 Å². The van der Waals surface area contributed by atoms with Crippen LogP contribution in [0.5, 0.6) is 0 Å². The fourth-order valence-electron chi connectivity index (χ4n) is 3.89. The number of halogens is 2. The van der Waals surface area contributed by atoms with E-state index < -0.39 is 10.0 Å². The van der Waals surface area contributed by atoms with E-state index in [-0.39, 0.29) is 24.2 Å². The second-order valence-corrected chi connectivity index (χ2v) is 9.53. The number of nitrogens with one attached hydrogen (secondary N) is 1. The summed E-state index contributed by atoms with van der Waals surface area (Å²) in [5.74, 6) is 0.943. The lowest BCUT2D eigenvalue weighted by Crippen LogP contribution is -2.45. The summed E-state index contributed by atoms with van der Waals surface area (Å²) in [6.45, 7) is -0.274. The summed E-state index contributed by atoms with van der Waals surface area (Å²) in [6, 6.07) is 4.65. The van der Waals surface area contributed by atoms with Crippen LogP contribution in [0.15, 0.2) is 18.2 Å². The van der Waals surface area contributed by atoms with E-state index in [1.807, 2.05) is 0 Å². The second kappa shape index (κ2) is 6.73. The molecular formula is C16H20Cl2N2O3S. The van der Waals surface area contributed by atoms with E-state index in [9.17, 15) is 13.2 Å². The van der Waals surface area contributed by atoms with Gasteiger partial charge in [-0.15, -0.1) is 0 Å². The summed E-state index contributed by atoms with van der Waals surface area (Å²) in [5.41, 5.74) is 0.290. The predicted molar refractivity (Wildman–Crippen MR) is 96.0 cm³/mol. The average molecular weight is 391 g/mol. The minimum absolute atomic E-state index is 0.167. The van der Waals surface area contributed by atoms with Crippen molar-refractivity contribution in [2.45, 2.75) is 31.7 Å². The maximum Gasteiger partial charge on any atom is 0.241 e. The molecule has 0 aromatic heterocycles. The Labute approximate surface area is 152 Å². The lowest BCUT2D eigenvalue weighted by molar-refractivity contribution is -0.120. The third kappa shape index (κ3) is 3.98. The van der Waals surface area contributed by atoms with Gasteiger partial charge in [-0.05, 0) is 49.3 Å². The standard InChI is InChI=1S/C16H20Cl2N2O3S/c1-24(22,23)20(14-7-12(17)6-13(18)8-14)9-16(21)19-15-5-10-2-3-11(15)4-10/h6-8,10-11,15H,2-5,9H2,1H3,(H,19,21)/t10-,11+,15+/m1/s1. The van der Waals surface area contributed by atoms with Gasteiger partial charge in [-0.1, -0.05) is 29.6 Å². The first-order chi connectivity index (χ1) is 11.2. The van der Waals surface area contributed by atoms with E-state index in [4.69, 9.17) is 23.2 Å². The van der Waals surface area contributed by atoms with Crippen LogP contribution in [0.4, 0.5) is 5.69 Å². The van der Waals surface area contributed by atoms with Gasteiger partial charge in [-0.2, -0.15) is 0 Å². The number of carbonyl (C=O) groups is 1. The van der Waals surface area contributed by atoms with Crippen molar-refractivity contribution in [3.63, 3.8) is 0 Å². The number of amides is 1. The van der Waals surface area contributed by atoms with Gasteiger partial charge in [0.25, 0.3) is 0 Å². The number of anilines is 1. The number of carbonyl (C=O) groups excluding carboxylic acids is 1. The van der Waals surface area contributed by atoms with Crippen LogP contribution in [0.1, 0.15) is 25.7 Å². The van der Waals surface area contributed by atoms with Crippen LogP contribution in [0, 0.1) is 11.8 Å². The molecule has 2 bridgehead atoms. The Hall–Kier alpha value is -0.980. The van der Waals surface area contributed by atoms with Crippen LogP contribution < -0.4 is 9.62 Å². The minimum atomic E-state index is -3.64. The summed E-state index contributed by atoms with van der Waals surface area (Å²) in [6.07, 6.45) is 5.62. The predicted octanol–water partition coefficient (Wildman–Crippen LogP) is 3.06. The van der Waals surface area contributed by atoms with Crippen molar-refractivity contribution < 1.29 is 13.2 Å².